The molecule has 70 valence electrons. The van der Waals surface area contributed by atoms with E-state index in [1.807, 2.05) is 13.0 Å². The maximum atomic E-state index is 11.6. The van der Waals surface area contributed by atoms with Gasteiger partial charge in [0.25, 0.3) is 11.8 Å². The molecule has 0 spiro atoms. The molecule has 2 rings (SSSR count). The normalized spacial score (nSPS) is 14.5. The fourth-order valence-electron chi connectivity index (χ4n) is 1.54. The van der Waals surface area contributed by atoms with Crippen LogP contribution in [0.2, 0.25) is 0 Å². The third kappa shape index (κ3) is 0.988. The van der Waals surface area contributed by atoms with Gasteiger partial charge < -0.3 is 0 Å². The SMILES string of the molecule is C=CN1C(=O)c2ccc(C)cc2C1=O. The van der Waals surface area contributed by atoms with E-state index in [1.54, 1.807) is 12.1 Å². The van der Waals surface area contributed by atoms with Crippen LogP contribution in [0.5, 0.6) is 0 Å². The summed E-state index contributed by atoms with van der Waals surface area (Å²) in [5.41, 5.74) is 1.89. The van der Waals surface area contributed by atoms with Crippen molar-refractivity contribution in [2.45, 2.75) is 6.92 Å². The molecule has 1 aliphatic heterocycles. The second kappa shape index (κ2) is 2.80. The highest BCUT2D eigenvalue weighted by molar-refractivity contribution is 6.22. The van der Waals surface area contributed by atoms with Gasteiger partial charge in [0, 0.05) is 6.20 Å². The summed E-state index contributed by atoms with van der Waals surface area (Å²) in [7, 11) is 0. The molecule has 1 aromatic carbocycles. The van der Waals surface area contributed by atoms with Crippen LogP contribution in [0.4, 0.5) is 0 Å². The number of imide groups is 1. The van der Waals surface area contributed by atoms with Crippen molar-refractivity contribution in [2.75, 3.05) is 0 Å². The first-order valence-corrected chi connectivity index (χ1v) is 4.26. The molecule has 0 saturated heterocycles. The van der Waals surface area contributed by atoms with Gasteiger partial charge in [0.1, 0.15) is 0 Å². The summed E-state index contributed by atoms with van der Waals surface area (Å²) in [5.74, 6) is -0.580. The number of aryl methyl sites for hydroxylation is 1. The minimum Gasteiger partial charge on any atom is -0.268 e. The summed E-state index contributed by atoms with van der Waals surface area (Å²) in [6.45, 7) is 5.32. The smallest absolute Gasteiger partial charge is 0.265 e. The highest BCUT2D eigenvalue weighted by atomic mass is 16.2. The van der Waals surface area contributed by atoms with E-state index in [1.165, 1.54) is 6.20 Å². The van der Waals surface area contributed by atoms with Crippen molar-refractivity contribution in [3.8, 4) is 0 Å². The Labute approximate surface area is 81.6 Å². The van der Waals surface area contributed by atoms with E-state index in [2.05, 4.69) is 6.58 Å². The van der Waals surface area contributed by atoms with E-state index < -0.39 is 0 Å². The molecule has 14 heavy (non-hydrogen) atoms. The first-order valence-electron chi connectivity index (χ1n) is 4.26. The molecule has 0 atom stereocenters. The fourth-order valence-corrected chi connectivity index (χ4v) is 1.54. The molecule has 0 aromatic heterocycles. The van der Waals surface area contributed by atoms with Crippen LogP contribution in [-0.4, -0.2) is 16.7 Å². The van der Waals surface area contributed by atoms with Gasteiger partial charge in [0.15, 0.2) is 0 Å². The minimum atomic E-state index is -0.292. The molecule has 3 heteroatoms. The lowest BCUT2D eigenvalue weighted by Crippen LogP contribution is -2.22. The average molecular weight is 187 g/mol. The summed E-state index contributed by atoms with van der Waals surface area (Å²) in [5, 5.41) is 0. The molecule has 1 aromatic rings. The number of rotatable bonds is 1. The molecule has 0 bridgehead atoms. The van der Waals surface area contributed by atoms with Gasteiger partial charge in [-0.25, -0.2) is 4.90 Å². The Hall–Kier alpha value is -1.90. The van der Waals surface area contributed by atoms with Gasteiger partial charge in [0.2, 0.25) is 0 Å². The van der Waals surface area contributed by atoms with Gasteiger partial charge in [-0.05, 0) is 19.1 Å². The monoisotopic (exact) mass is 187 g/mol. The molecular formula is C11H9NO2. The lowest BCUT2D eigenvalue weighted by molar-refractivity contribution is 0.0722. The maximum Gasteiger partial charge on any atom is 0.265 e. The van der Waals surface area contributed by atoms with E-state index in [9.17, 15) is 9.59 Å². The largest absolute Gasteiger partial charge is 0.268 e. The maximum absolute atomic E-state index is 11.6. The number of hydrogen-bond acceptors (Lipinski definition) is 2. The molecule has 2 amide bonds. The first kappa shape index (κ1) is 8.69. The summed E-state index contributed by atoms with van der Waals surface area (Å²) in [6, 6.07) is 5.21. The summed E-state index contributed by atoms with van der Waals surface area (Å²) < 4.78 is 0. The highest BCUT2D eigenvalue weighted by Gasteiger charge is 2.33. The van der Waals surface area contributed by atoms with Gasteiger partial charge in [-0.3, -0.25) is 9.59 Å². The number of carbonyl (C=O) groups excluding carboxylic acids is 2. The quantitative estimate of drug-likeness (QED) is 0.628. The van der Waals surface area contributed by atoms with Crippen LogP contribution in [-0.2, 0) is 0 Å². The molecular weight excluding hydrogens is 178 g/mol. The van der Waals surface area contributed by atoms with Crippen LogP contribution in [0.3, 0.4) is 0 Å². The summed E-state index contributed by atoms with van der Waals surface area (Å²) in [4.78, 5) is 24.2. The Kier molecular flexibility index (Phi) is 1.74. The van der Waals surface area contributed by atoms with Crippen molar-refractivity contribution in [1.29, 1.82) is 0 Å². The number of fused-ring (bicyclic) bond motifs is 1. The lowest BCUT2D eigenvalue weighted by atomic mass is 10.1. The number of benzene rings is 1. The van der Waals surface area contributed by atoms with E-state index in [-0.39, 0.29) is 11.8 Å². The van der Waals surface area contributed by atoms with Crippen molar-refractivity contribution >= 4 is 11.8 Å². The molecule has 0 radical (unpaired) electrons. The topological polar surface area (TPSA) is 37.4 Å². The fraction of sp³-hybridized carbons (Fsp3) is 0.0909. The third-order valence-electron chi connectivity index (χ3n) is 2.26. The van der Waals surface area contributed by atoms with Crippen LogP contribution in [0.25, 0.3) is 0 Å². The number of carbonyl (C=O) groups is 2. The Bertz CT molecular complexity index is 449. The number of hydrogen-bond donors (Lipinski definition) is 0. The summed E-state index contributed by atoms with van der Waals surface area (Å²) in [6.07, 6.45) is 1.25. The van der Waals surface area contributed by atoms with Crippen molar-refractivity contribution in [2.24, 2.45) is 0 Å². The lowest BCUT2D eigenvalue weighted by Gasteiger charge is -2.04. The molecule has 1 aliphatic rings. The van der Waals surface area contributed by atoms with Crippen LogP contribution in [0.1, 0.15) is 26.3 Å². The van der Waals surface area contributed by atoms with E-state index in [4.69, 9.17) is 0 Å². The third-order valence-corrected chi connectivity index (χ3v) is 2.26. The van der Waals surface area contributed by atoms with E-state index in [0.717, 1.165) is 10.5 Å². The van der Waals surface area contributed by atoms with Gasteiger partial charge >= 0.3 is 0 Å². The Morgan fingerprint density at radius 1 is 1.21 bits per heavy atom. The van der Waals surface area contributed by atoms with Crippen molar-refractivity contribution in [1.82, 2.24) is 4.90 Å². The van der Waals surface area contributed by atoms with E-state index >= 15 is 0 Å². The van der Waals surface area contributed by atoms with Crippen LogP contribution in [0.15, 0.2) is 31.0 Å². The molecule has 0 N–H and O–H groups in total. The molecule has 0 saturated carbocycles. The highest BCUT2D eigenvalue weighted by Crippen LogP contribution is 2.23. The molecule has 0 unspecified atom stereocenters. The Balaban J connectivity index is 2.64. The number of nitrogens with zero attached hydrogens (tertiary/aromatic N) is 1. The molecule has 0 aliphatic carbocycles. The molecule has 3 nitrogen and oxygen atoms in total. The van der Waals surface area contributed by atoms with Gasteiger partial charge in [-0.2, -0.15) is 0 Å². The van der Waals surface area contributed by atoms with Gasteiger partial charge in [0.05, 0.1) is 11.1 Å². The first-order chi connectivity index (χ1) is 6.65. The Morgan fingerprint density at radius 3 is 2.50 bits per heavy atom. The van der Waals surface area contributed by atoms with Crippen molar-refractivity contribution in [3.05, 3.63) is 47.7 Å². The van der Waals surface area contributed by atoms with Gasteiger partial charge in [-0.15, -0.1) is 0 Å². The molecule has 1 heterocycles. The Morgan fingerprint density at radius 2 is 1.86 bits per heavy atom. The second-order valence-electron chi connectivity index (χ2n) is 3.21. The predicted octanol–water partition coefficient (Wildman–Crippen LogP) is 1.73. The van der Waals surface area contributed by atoms with Crippen LogP contribution in [0, 0.1) is 6.92 Å². The molecule has 0 fully saturated rings. The van der Waals surface area contributed by atoms with Crippen molar-refractivity contribution in [3.63, 3.8) is 0 Å². The second-order valence-corrected chi connectivity index (χ2v) is 3.21. The zero-order valence-corrected chi connectivity index (χ0v) is 7.78. The number of amides is 2. The van der Waals surface area contributed by atoms with Crippen LogP contribution >= 0.6 is 0 Å². The van der Waals surface area contributed by atoms with Crippen molar-refractivity contribution < 1.29 is 9.59 Å². The predicted molar refractivity (Wildman–Crippen MR) is 51.9 cm³/mol. The van der Waals surface area contributed by atoms with Crippen LogP contribution < -0.4 is 0 Å². The standard InChI is InChI=1S/C11H9NO2/c1-3-12-10(13)8-5-4-7(2)6-9(8)11(12)14/h3-6H,1H2,2H3. The average Bonchev–Trinajstić information content (AvgIpc) is 2.39. The zero-order chi connectivity index (χ0) is 10.3. The van der Waals surface area contributed by atoms with Gasteiger partial charge in [-0.1, -0.05) is 18.2 Å². The summed E-state index contributed by atoms with van der Waals surface area (Å²) >= 11 is 0. The minimum absolute atomic E-state index is 0.288. The zero-order valence-electron chi connectivity index (χ0n) is 7.78. The van der Waals surface area contributed by atoms with E-state index in [0.29, 0.717) is 11.1 Å².